The molecule has 2 N–H and O–H groups in total. The molecule has 0 aromatic heterocycles. The summed E-state index contributed by atoms with van der Waals surface area (Å²) in [6.45, 7) is 8.59. The Morgan fingerprint density at radius 2 is 1.88 bits per heavy atom. The second kappa shape index (κ2) is 10.2. The lowest BCUT2D eigenvalue weighted by Crippen LogP contribution is -2.49. The minimum Gasteiger partial charge on any atom is -0.352 e. The van der Waals surface area contributed by atoms with E-state index in [0.29, 0.717) is 36.8 Å². The Labute approximate surface area is 153 Å². The topological polar surface area (TPSA) is 64.7 Å². The number of hydrogen-bond acceptors (Lipinski definition) is 4. The Hall–Kier alpha value is -1.89. The highest BCUT2D eigenvalue weighted by atomic mass is 35.5. The summed E-state index contributed by atoms with van der Waals surface area (Å²) in [7, 11) is 0. The van der Waals surface area contributed by atoms with Crippen molar-refractivity contribution in [1.29, 1.82) is 0 Å². The molecule has 0 unspecified atom stereocenters. The van der Waals surface area contributed by atoms with Gasteiger partial charge in [-0.25, -0.2) is 0 Å². The molecule has 1 aliphatic heterocycles. The summed E-state index contributed by atoms with van der Waals surface area (Å²) in [5.41, 5.74) is 0.716. The van der Waals surface area contributed by atoms with E-state index < -0.39 is 0 Å². The Morgan fingerprint density at radius 3 is 2.56 bits per heavy atom. The van der Waals surface area contributed by atoms with Gasteiger partial charge in [0.2, 0.25) is 11.8 Å². The molecule has 0 atom stereocenters. The van der Waals surface area contributed by atoms with E-state index in [-0.39, 0.29) is 11.8 Å². The number of halogens is 1. The summed E-state index contributed by atoms with van der Waals surface area (Å²) in [6.07, 6.45) is 2.11. The van der Waals surface area contributed by atoms with Gasteiger partial charge in [-0.1, -0.05) is 23.7 Å². The maximum atomic E-state index is 12.0. The number of hydrogen-bond donors (Lipinski definition) is 2. The summed E-state index contributed by atoms with van der Waals surface area (Å²) in [5, 5.41) is 6.24. The molecule has 0 saturated carbocycles. The molecule has 1 aliphatic rings. The molecule has 2 amide bonds. The molecule has 2 rings (SSSR count). The first-order chi connectivity index (χ1) is 12.1. The average molecular weight is 365 g/mol. The highest BCUT2D eigenvalue weighted by Crippen LogP contribution is 2.15. The van der Waals surface area contributed by atoms with Crippen molar-refractivity contribution in [2.45, 2.75) is 6.42 Å². The number of nitrogens with zero attached hydrogens (tertiary/aromatic N) is 2. The summed E-state index contributed by atoms with van der Waals surface area (Å²) in [6, 6.07) is 7.13. The Balaban J connectivity index is 1.64. The van der Waals surface area contributed by atoms with Crippen molar-refractivity contribution >= 4 is 29.1 Å². The van der Waals surface area contributed by atoms with E-state index in [1.807, 2.05) is 12.1 Å². The van der Waals surface area contributed by atoms with Crippen molar-refractivity contribution in [1.82, 2.24) is 15.1 Å². The quantitative estimate of drug-likeness (QED) is 0.687. The zero-order valence-corrected chi connectivity index (χ0v) is 15.1. The lowest BCUT2D eigenvalue weighted by atomic mass is 10.2. The molecule has 0 radical (unpaired) electrons. The van der Waals surface area contributed by atoms with Crippen LogP contribution in [0.25, 0.3) is 0 Å². The number of piperazine rings is 1. The van der Waals surface area contributed by atoms with Crippen LogP contribution in [0.1, 0.15) is 6.42 Å². The van der Waals surface area contributed by atoms with Gasteiger partial charge in [0.1, 0.15) is 0 Å². The second-order valence-electron chi connectivity index (χ2n) is 6.02. The van der Waals surface area contributed by atoms with Gasteiger partial charge in [0.25, 0.3) is 0 Å². The zero-order chi connectivity index (χ0) is 18.1. The fourth-order valence-electron chi connectivity index (χ4n) is 2.67. The van der Waals surface area contributed by atoms with Crippen LogP contribution in [0, 0.1) is 0 Å². The lowest BCUT2D eigenvalue weighted by Gasteiger charge is -2.34. The first-order valence-corrected chi connectivity index (χ1v) is 8.82. The van der Waals surface area contributed by atoms with Crippen LogP contribution in [-0.4, -0.2) is 67.4 Å². The van der Waals surface area contributed by atoms with E-state index in [9.17, 15) is 9.59 Å². The lowest BCUT2D eigenvalue weighted by molar-refractivity contribution is -0.122. The molecule has 136 valence electrons. The highest BCUT2D eigenvalue weighted by Gasteiger charge is 2.19. The molecule has 1 aromatic carbocycles. The Bertz CT molecular complexity index is 600. The Morgan fingerprint density at radius 1 is 1.16 bits per heavy atom. The van der Waals surface area contributed by atoms with Crippen LogP contribution in [0.3, 0.4) is 0 Å². The fourth-order valence-corrected chi connectivity index (χ4v) is 2.86. The van der Waals surface area contributed by atoms with Gasteiger partial charge in [-0.2, -0.15) is 0 Å². The molecule has 1 saturated heterocycles. The molecular formula is C18H25ClN4O2. The summed E-state index contributed by atoms with van der Waals surface area (Å²) >= 11 is 5.91. The van der Waals surface area contributed by atoms with Crippen molar-refractivity contribution in [3.8, 4) is 0 Å². The highest BCUT2D eigenvalue weighted by molar-refractivity contribution is 6.30. The summed E-state index contributed by atoms with van der Waals surface area (Å²) in [4.78, 5) is 28.1. The zero-order valence-electron chi connectivity index (χ0n) is 14.3. The number of carbonyl (C=O) groups is 2. The standard InChI is InChI=1S/C18H25ClN4O2/c1-2-7-20-18(25)14-23-11-9-22(10-12-23)8-6-17(24)21-16-5-3-4-15(19)13-16/h2-5,13H,1,6-12,14H2,(H,20,25)(H,21,24). The molecular weight excluding hydrogens is 340 g/mol. The molecule has 7 heteroatoms. The van der Waals surface area contributed by atoms with Crippen molar-refractivity contribution in [2.75, 3.05) is 51.1 Å². The predicted molar refractivity (Wildman–Crippen MR) is 101 cm³/mol. The minimum atomic E-state index is -0.0199. The number of benzene rings is 1. The number of anilines is 1. The maximum Gasteiger partial charge on any atom is 0.234 e. The minimum absolute atomic E-state index is 0.0199. The fraction of sp³-hybridized carbons (Fsp3) is 0.444. The molecule has 1 fully saturated rings. The van der Waals surface area contributed by atoms with Crippen LogP contribution in [0.2, 0.25) is 5.02 Å². The largest absolute Gasteiger partial charge is 0.352 e. The van der Waals surface area contributed by atoms with Gasteiger partial charge in [0, 0.05) is 56.4 Å². The van der Waals surface area contributed by atoms with E-state index in [1.54, 1.807) is 18.2 Å². The number of amides is 2. The van der Waals surface area contributed by atoms with Crippen LogP contribution in [-0.2, 0) is 9.59 Å². The van der Waals surface area contributed by atoms with Crippen LogP contribution in [0.15, 0.2) is 36.9 Å². The summed E-state index contributed by atoms with van der Waals surface area (Å²) < 4.78 is 0. The molecule has 25 heavy (non-hydrogen) atoms. The van der Waals surface area contributed by atoms with E-state index in [1.165, 1.54) is 0 Å². The van der Waals surface area contributed by atoms with Gasteiger partial charge in [-0.15, -0.1) is 6.58 Å². The third-order valence-corrected chi connectivity index (χ3v) is 4.27. The monoisotopic (exact) mass is 364 g/mol. The van der Waals surface area contributed by atoms with E-state index >= 15 is 0 Å². The van der Waals surface area contributed by atoms with Gasteiger partial charge in [0.15, 0.2) is 0 Å². The van der Waals surface area contributed by atoms with Gasteiger partial charge in [-0.05, 0) is 18.2 Å². The maximum absolute atomic E-state index is 12.0. The van der Waals surface area contributed by atoms with Gasteiger partial charge in [0.05, 0.1) is 6.54 Å². The average Bonchev–Trinajstić information content (AvgIpc) is 2.59. The van der Waals surface area contributed by atoms with Crippen LogP contribution >= 0.6 is 11.6 Å². The molecule has 0 spiro atoms. The van der Waals surface area contributed by atoms with E-state index in [4.69, 9.17) is 11.6 Å². The second-order valence-corrected chi connectivity index (χ2v) is 6.46. The van der Waals surface area contributed by atoms with E-state index in [2.05, 4.69) is 27.0 Å². The molecule has 0 aliphatic carbocycles. The van der Waals surface area contributed by atoms with E-state index in [0.717, 1.165) is 26.2 Å². The first-order valence-electron chi connectivity index (χ1n) is 8.44. The molecule has 1 heterocycles. The van der Waals surface area contributed by atoms with Gasteiger partial charge < -0.3 is 15.5 Å². The normalized spacial score (nSPS) is 15.6. The third kappa shape index (κ3) is 7.25. The number of rotatable bonds is 8. The Kier molecular flexibility index (Phi) is 7.91. The van der Waals surface area contributed by atoms with Crippen LogP contribution < -0.4 is 10.6 Å². The van der Waals surface area contributed by atoms with Crippen molar-refractivity contribution in [2.24, 2.45) is 0 Å². The van der Waals surface area contributed by atoms with Gasteiger partial charge >= 0.3 is 0 Å². The molecule has 0 bridgehead atoms. The number of nitrogens with one attached hydrogen (secondary N) is 2. The van der Waals surface area contributed by atoms with Gasteiger partial charge in [-0.3, -0.25) is 14.5 Å². The molecule has 6 nitrogen and oxygen atoms in total. The SMILES string of the molecule is C=CCNC(=O)CN1CCN(CCC(=O)Nc2cccc(Cl)c2)CC1. The number of carbonyl (C=O) groups excluding carboxylic acids is 2. The van der Waals surface area contributed by atoms with Crippen molar-refractivity contribution in [3.63, 3.8) is 0 Å². The van der Waals surface area contributed by atoms with Crippen molar-refractivity contribution in [3.05, 3.63) is 41.9 Å². The third-order valence-electron chi connectivity index (χ3n) is 4.04. The molecule has 1 aromatic rings. The van der Waals surface area contributed by atoms with Crippen molar-refractivity contribution < 1.29 is 9.59 Å². The van der Waals surface area contributed by atoms with Crippen LogP contribution in [0.5, 0.6) is 0 Å². The summed E-state index contributed by atoms with van der Waals surface area (Å²) in [5.74, 6) is 0.00255. The smallest absolute Gasteiger partial charge is 0.234 e. The first kappa shape index (κ1) is 19.4. The van der Waals surface area contributed by atoms with Crippen LogP contribution in [0.4, 0.5) is 5.69 Å². The predicted octanol–water partition coefficient (Wildman–Crippen LogP) is 1.59.